The molecule has 7 nitrogen and oxygen atoms in total. The fraction of sp³-hybridized carbons (Fsp3) is 0.727. The molecule has 2 amide bonds. The van der Waals surface area contributed by atoms with Crippen molar-refractivity contribution in [2.75, 3.05) is 7.05 Å². The van der Waals surface area contributed by atoms with Crippen LogP contribution in [0.25, 0.3) is 0 Å². The fourth-order valence-electron chi connectivity index (χ4n) is 3.19. The summed E-state index contributed by atoms with van der Waals surface area (Å²) in [6, 6.07) is 0. The third kappa shape index (κ3) is 1.23. The number of aliphatic hydroxyl groups excluding tert-OH is 1. The molecule has 0 aliphatic carbocycles. The lowest BCUT2D eigenvalue weighted by Gasteiger charge is -2.28. The molecule has 18 heavy (non-hydrogen) atoms. The number of imide groups is 1. The Bertz CT molecular complexity index is 447. The van der Waals surface area contributed by atoms with Gasteiger partial charge >= 0.3 is 5.97 Å². The Kier molecular flexibility index (Phi) is 2.27. The second-order valence-corrected chi connectivity index (χ2v) is 4.92. The average molecular weight is 255 g/mol. The zero-order valence-electron chi connectivity index (χ0n) is 9.90. The van der Waals surface area contributed by atoms with Crippen LogP contribution in [0.5, 0.6) is 0 Å². The molecule has 7 heteroatoms. The van der Waals surface area contributed by atoms with E-state index in [1.54, 1.807) is 0 Å². The van der Waals surface area contributed by atoms with Gasteiger partial charge in [-0.15, -0.1) is 0 Å². The van der Waals surface area contributed by atoms with Crippen LogP contribution < -0.4 is 0 Å². The van der Waals surface area contributed by atoms with Crippen molar-refractivity contribution in [2.45, 2.75) is 31.3 Å². The normalized spacial score (nSPS) is 45.6. The summed E-state index contributed by atoms with van der Waals surface area (Å²) in [5.74, 6) is -2.49. The predicted molar refractivity (Wildman–Crippen MR) is 55.0 cm³/mol. The largest absolute Gasteiger partial charge is 0.457 e. The van der Waals surface area contributed by atoms with E-state index < -0.39 is 42.2 Å². The van der Waals surface area contributed by atoms with Crippen LogP contribution >= 0.6 is 0 Å². The molecule has 4 unspecified atom stereocenters. The first-order valence-electron chi connectivity index (χ1n) is 5.75. The van der Waals surface area contributed by atoms with E-state index in [-0.39, 0.29) is 11.8 Å². The van der Waals surface area contributed by atoms with Gasteiger partial charge in [-0.25, -0.2) is 0 Å². The number of aliphatic hydroxyl groups is 1. The maximum atomic E-state index is 11.9. The van der Waals surface area contributed by atoms with E-state index in [4.69, 9.17) is 9.47 Å². The van der Waals surface area contributed by atoms with Crippen LogP contribution in [-0.2, 0) is 23.9 Å². The van der Waals surface area contributed by atoms with Gasteiger partial charge in [-0.2, -0.15) is 0 Å². The summed E-state index contributed by atoms with van der Waals surface area (Å²) in [5.41, 5.74) is 0. The van der Waals surface area contributed by atoms with E-state index in [1.807, 2.05) is 0 Å². The summed E-state index contributed by atoms with van der Waals surface area (Å²) in [4.78, 5) is 35.8. The van der Waals surface area contributed by atoms with Crippen LogP contribution in [0.15, 0.2) is 0 Å². The Balaban J connectivity index is 1.92. The topological polar surface area (TPSA) is 93.1 Å². The second kappa shape index (κ2) is 3.52. The van der Waals surface area contributed by atoms with Crippen molar-refractivity contribution >= 4 is 17.8 Å². The highest BCUT2D eigenvalue weighted by atomic mass is 16.6. The SMILES string of the molecule is CC(=O)OC1C2O[C@@H](C3C(=O)N(C)C(=O)C23)[C@H]1O. The molecule has 0 spiro atoms. The number of nitrogens with zero attached hydrogens (tertiary/aromatic N) is 1. The van der Waals surface area contributed by atoms with Crippen LogP contribution in [0.3, 0.4) is 0 Å². The summed E-state index contributed by atoms with van der Waals surface area (Å²) in [5, 5.41) is 9.98. The van der Waals surface area contributed by atoms with Gasteiger partial charge in [0.15, 0.2) is 6.10 Å². The van der Waals surface area contributed by atoms with Crippen molar-refractivity contribution in [3.05, 3.63) is 0 Å². The van der Waals surface area contributed by atoms with Crippen LogP contribution in [-0.4, -0.2) is 59.3 Å². The third-order valence-electron chi connectivity index (χ3n) is 3.94. The highest BCUT2D eigenvalue weighted by Crippen LogP contribution is 2.49. The molecule has 3 aliphatic heterocycles. The van der Waals surface area contributed by atoms with E-state index >= 15 is 0 Å². The Hall–Kier alpha value is -1.47. The number of esters is 1. The molecule has 0 aromatic carbocycles. The van der Waals surface area contributed by atoms with Crippen molar-refractivity contribution in [1.82, 2.24) is 4.90 Å². The first-order valence-corrected chi connectivity index (χ1v) is 5.75. The Morgan fingerprint density at radius 2 is 1.83 bits per heavy atom. The van der Waals surface area contributed by atoms with Crippen LogP contribution in [0.1, 0.15) is 6.92 Å². The number of rotatable bonds is 1. The molecule has 0 aromatic rings. The predicted octanol–water partition coefficient (Wildman–Crippen LogP) is -1.71. The number of hydrogen-bond acceptors (Lipinski definition) is 6. The van der Waals surface area contributed by atoms with E-state index in [9.17, 15) is 19.5 Å². The molecule has 98 valence electrons. The van der Waals surface area contributed by atoms with Gasteiger partial charge in [0.1, 0.15) is 18.3 Å². The number of hydrogen-bond donors (Lipinski definition) is 1. The van der Waals surface area contributed by atoms with E-state index in [2.05, 4.69) is 0 Å². The lowest BCUT2D eigenvalue weighted by atomic mass is 9.78. The molecule has 0 aromatic heterocycles. The van der Waals surface area contributed by atoms with Gasteiger partial charge < -0.3 is 14.6 Å². The van der Waals surface area contributed by atoms with Crippen molar-refractivity contribution < 1.29 is 29.0 Å². The quantitative estimate of drug-likeness (QED) is 0.443. The Morgan fingerprint density at radius 1 is 1.28 bits per heavy atom. The maximum absolute atomic E-state index is 11.9. The van der Waals surface area contributed by atoms with Crippen LogP contribution in [0.4, 0.5) is 0 Å². The van der Waals surface area contributed by atoms with Crippen molar-refractivity contribution in [3.8, 4) is 0 Å². The number of fused-ring (bicyclic) bond motifs is 5. The molecule has 3 fully saturated rings. The number of likely N-dealkylation sites (tertiary alicyclic amines) is 1. The molecule has 3 heterocycles. The van der Waals surface area contributed by atoms with E-state index in [1.165, 1.54) is 14.0 Å². The van der Waals surface area contributed by atoms with Gasteiger partial charge in [0.25, 0.3) is 0 Å². The van der Waals surface area contributed by atoms with Crippen LogP contribution in [0.2, 0.25) is 0 Å². The van der Waals surface area contributed by atoms with E-state index in [0.717, 1.165) is 4.90 Å². The summed E-state index contributed by atoms with van der Waals surface area (Å²) < 4.78 is 10.4. The summed E-state index contributed by atoms with van der Waals surface area (Å²) in [6.07, 6.45) is -3.40. The van der Waals surface area contributed by atoms with Gasteiger partial charge in [0.2, 0.25) is 11.8 Å². The molecular formula is C11H13NO6. The molecule has 6 atom stereocenters. The van der Waals surface area contributed by atoms with Crippen molar-refractivity contribution in [1.29, 1.82) is 0 Å². The highest BCUT2D eigenvalue weighted by Gasteiger charge is 2.69. The average Bonchev–Trinajstić information content (AvgIpc) is 2.89. The van der Waals surface area contributed by atoms with Gasteiger partial charge in [0, 0.05) is 14.0 Å². The second-order valence-electron chi connectivity index (χ2n) is 4.92. The first kappa shape index (κ1) is 11.6. The third-order valence-corrected chi connectivity index (χ3v) is 3.94. The number of ether oxygens (including phenoxy) is 2. The summed E-state index contributed by atoms with van der Waals surface area (Å²) in [7, 11) is 1.41. The minimum Gasteiger partial charge on any atom is -0.457 e. The zero-order valence-corrected chi connectivity index (χ0v) is 9.90. The molecule has 1 N–H and O–H groups in total. The lowest BCUT2D eigenvalue weighted by molar-refractivity contribution is -0.157. The fourth-order valence-corrected chi connectivity index (χ4v) is 3.19. The van der Waals surface area contributed by atoms with Crippen molar-refractivity contribution in [3.63, 3.8) is 0 Å². The number of carbonyl (C=O) groups is 3. The monoisotopic (exact) mass is 255 g/mol. The molecule has 3 aliphatic rings. The standard InChI is InChI=1S/C11H13NO6/c1-3(13)17-9-6(14)7-4-5(8(9)18-7)11(16)12(2)10(4)15/h4-9,14H,1-2H3/t4?,5?,6-,7+,8?,9?/m1/s1. The number of carbonyl (C=O) groups excluding carboxylic acids is 3. The zero-order chi connectivity index (χ0) is 13.2. The van der Waals surface area contributed by atoms with Gasteiger partial charge in [-0.3, -0.25) is 19.3 Å². The van der Waals surface area contributed by atoms with Gasteiger partial charge in [0.05, 0.1) is 11.8 Å². The number of amides is 2. The summed E-state index contributed by atoms with van der Waals surface area (Å²) >= 11 is 0. The molecule has 2 bridgehead atoms. The van der Waals surface area contributed by atoms with Gasteiger partial charge in [-0.05, 0) is 0 Å². The maximum Gasteiger partial charge on any atom is 0.303 e. The smallest absolute Gasteiger partial charge is 0.303 e. The first-order chi connectivity index (χ1) is 8.43. The summed E-state index contributed by atoms with van der Waals surface area (Å²) in [6.45, 7) is 1.23. The molecule has 3 saturated heterocycles. The van der Waals surface area contributed by atoms with Crippen molar-refractivity contribution in [2.24, 2.45) is 11.8 Å². The molecular weight excluding hydrogens is 242 g/mol. The minimum absolute atomic E-state index is 0.332. The Labute approximate surface area is 103 Å². The molecule has 0 saturated carbocycles. The lowest BCUT2D eigenvalue weighted by Crippen LogP contribution is -2.49. The molecule has 0 radical (unpaired) electrons. The minimum atomic E-state index is -1.05. The van der Waals surface area contributed by atoms with Gasteiger partial charge in [-0.1, -0.05) is 0 Å². The van der Waals surface area contributed by atoms with Crippen LogP contribution in [0, 0.1) is 11.8 Å². The highest BCUT2D eigenvalue weighted by molar-refractivity contribution is 6.06. The van der Waals surface area contributed by atoms with E-state index in [0.29, 0.717) is 0 Å². The Morgan fingerprint density at radius 3 is 2.39 bits per heavy atom. The molecule has 3 rings (SSSR count).